The van der Waals surface area contributed by atoms with E-state index in [2.05, 4.69) is 4.74 Å². The van der Waals surface area contributed by atoms with Gasteiger partial charge in [0.25, 0.3) is 0 Å². The largest absolute Gasteiger partial charge is 0.432 e. The van der Waals surface area contributed by atoms with Crippen molar-refractivity contribution in [3.63, 3.8) is 0 Å². The molecule has 6 heteroatoms. The van der Waals surface area contributed by atoms with Gasteiger partial charge in [-0.1, -0.05) is 11.6 Å². The minimum Gasteiger partial charge on any atom is -0.432 e. The predicted octanol–water partition coefficient (Wildman–Crippen LogP) is 3.28. The molecule has 82 valence electrons. The van der Waals surface area contributed by atoms with Crippen molar-refractivity contribution in [3.8, 4) is 5.75 Å². The molecule has 0 aliphatic heterocycles. The lowest BCUT2D eigenvalue weighted by Gasteiger charge is -2.08. The molecule has 2 nitrogen and oxygen atoms in total. The molecule has 0 bridgehead atoms. The van der Waals surface area contributed by atoms with E-state index in [0.29, 0.717) is 0 Å². The summed E-state index contributed by atoms with van der Waals surface area (Å²) in [6, 6.07) is 2.07. The second kappa shape index (κ2) is 4.53. The summed E-state index contributed by atoms with van der Waals surface area (Å²) >= 11 is 5.46. The Balaban J connectivity index is 3.15. The SMILES string of the molecule is CC(=O)c1ccc(OC(F)F)c(F)c1Cl. The Kier molecular flexibility index (Phi) is 3.57. The molecule has 0 fully saturated rings. The van der Waals surface area contributed by atoms with E-state index in [4.69, 9.17) is 11.6 Å². The van der Waals surface area contributed by atoms with Gasteiger partial charge in [0, 0.05) is 5.56 Å². The molecule has 15 heavy (non-hydrogen) atoms. The molecule has 1 aromatic carbocycles. The molecule has 0 unspecified atom stereocenters. The van der Waals surface area contributed by atoms with Crippen LogP contribution < -0.4 is 4.74 Å². The van der Waals surface area contributed by atoms with Crippen LogP contribution in [0, 0.1) is 5.82 Å². The number of benzene rings is 1. The summed E-state index contributed by atoms with van der Waals surface area (Å²) in [4.78, 5) is 10.9. The van der Waals surface area contributed by atoms with E-state index in [0.717, 1.165) is 12.1 Å². The molecule has 0 aliphatic rings. The average Bonchev–Trinajstić information content (AvgIpc) is 2.12. The third-order valence-corrected chi connectivity index (χ3v) is 2.01. The molecule has 0 amide bonds. The summed E-state index contributed by atoms with van der Waals surface area (Å²) in [7, 11) is 0. The Morgan fingerprint density at radius 3 is 2.53 bits per heavy atom. The van der Waals surface area contributed by atoms with Crippen molar-refractivity contribution < 1.29 is 22.7 Å². The van der Waals surface area contributed by atoms with Gasteiger partial charge in [-0.3, -0.25) is 4.79 Å². The van der Waals surface area contributed by atoms with E-state index in [1.54, 1.807) is 0 Å². The highest BCUT2D eigenvalue weighted by Gasteiger charge is 2.17. The van der Waals surface area contributed by atoms with Gasteiger partial charge >= 0.3 is 6.61 Å². The molecular formula is C9H6ClF3O2. The van der Waals surface area contributed by atoms with Crippen molar-refractivity contribution in [1.29, 1.82) is 0 Å². The second-order valence-electron chi connectivity index (χ2n) is 2.67. The fourth-order valence-corrected chi connectivity index (χ4v) is 1.28. The van der Waals surface area contributed by atoms with E-state index in [9.17, 15) is 18.0 Å². The van der Waals surface area contributed by atoms with Crippen LogP contribution in [0.1, 0.15) is 17.3 Å². The highest BCUT2D eigenvalue weighted by molar-refractivity contribution is 6.34. The van der Waals surface area contributed by atoms with Gasteiger partial charge in [0.15, 0.2) is 17.3 Å². The van der Waals surface area contributed by atoms with Crippen LogP contribution in [-0.2, 0) is 0 Å². The van der Waals surface area contributed by atoms with Crippen LogP contribution >= 0.6 is 11.6 Å². The number of ether oxygens (including phenoxy) is 1. The van der Waals surface area contributed by atoms with E-state index in [-0.39, 0.29) is 5.56 Å². The maximum Gasteiger partial charge on any atom is 0.387 e. The quantitative estimate of drug-likeness (QED) is 0.756. The zero-order valence-electron chi connectivity index (χ0n) is 7.56. The van der Waals surface area contributed by atoms with Gasteiger partial charge in [0.05, 0.1) is 5.02 Å². The maximum absolute atomic E-state index is 13.2. The average molecular weight is 239 g/mol. The normalized spacial score (nSPS) is 10.5. The first-order chi connectivity index (χ1) is 6.93. The lowest BCUT2D eigenvalue weighted by molar-refractivity contribution is -0.0521. The number of Topliss-reactive ketones (excluding diaryl/α,β-unsaturated/α-hetero) is 1. The lowest BCUT2D eigenvalue weighted by Crippen LogP contribution is -2.05. The molecular weight excluding hydrogens is 233 g/mol. The van der Waals surface area contributed by atoms with Gasteiger partial charge in [0.1, 0.15) is 0 Å². The Morgan fingerprint density at radius 2 is 2.07 bits per heavy atom. The number of carbonyl (C=O) groups excluding carboxylic acids is 1. The third kappa shape index (κ3) is 2.62. The first kappa shape index (κ1) is 11.8. The monoisotopic (exact) mass is 238 g/mol. The number of halogens is 4. The van der Waals surface area contributed by atoms with Crippen LogP contribution in [0.3, 0.4) is 0 Å². The number of rotatable bonds is 3. The standard InChI is InChI=1S/C9H6ClF3O2/c1-4(14)5-2-3-6(15-9(12)13)8(11)7(5)10/h2-3,9H,1H3. The zero-order chi connectivity index (χ0) is 11.6. The molecule has 0 aromatic heterocycles. The fourth-order valence-electron chi connectivity index (χ4n) is 0.991. The van der Waals surface area contributed by atoms with Gasteiger partial charge in [-0.05, 0) is 19.1 Å². The van der Waals surface area contributed by atoms with Crippen molar-refractivity contribution >= 4 is 17.4 Å². The zero-order valence-corrected chi connectivity index (χ0v) is 8.32. The first-order valence-corrected chi connectivity index (χ1v) is 4.25. The van der Waals surface area contributed by atoms with Crippen molar-refractivity contribution in [2.45, 2.75) is 13.5 Å². The summed E-state index contributed by atoms with van der Waals surface area (Å²) in [5.41, 5.74) is -0.0733. The molecule has 1 aromatic rings. The van der Waals surface area contributed by atoms with E-state index in [1.165, 1.54) is 6.92 Å². The van der Waals surface area contributed by atoms with Crippen molar-refractivity contribution in [2.75, 3.05) is 0 Å². The Hall–Kier alpha value is -1.23. The minimum atomic E-state index is -3.14. The third-order valence-electron chi connectivity index (χ3n) is 1.64. The summed E-state index contributed by atoms with van der Waals surface area (Å²) in [5.74, 6) is -2.30. The van der Waals surface area contributed by atoms with Crippen LogP contribution in [0.15, 0.2) is 12.1 Å². The van der Waals surface area contributed by atoms with Crippen molar-refractivity contribution in [3.05, 3.63) is 28.5 Å². The topological polar surface area (TPSA) is 26.3 Å². The van der Waals surface area contributed by atoms with Crippen LogP contribution in [0.25, 0.3) is 0 Å². The molecule has 0 saturated carbocycles. The van der Waals surface area contributed by atoms with Gasteiger partial charge in [-0.2, -0.15) is 8.78 Å². The van der Waals surface area contributed by atoms with Crippen LogP contribution in [0.2, 0.25) is 5.02 Å². The molecule has 0 aliphatic carbocycles. The minimum absolute atomic E-state index is 0.0733. The molecule has 0 atom stereocenters. The highest BCUT2D eigenvalue weighted by Crippen LogP contribution is 2.29. The number of hydrogen-bond donors (Lipinski definition) is 0. The van der Waals surface area contributed by atoms with Gasteiger partial charge in [-0.25, -0.2) is 4.39 Å². The van der Waals surface area contributed by atoms with Crippen LogP contribution in [-0.4, -0.2) is 12.4 Å². The number of carbonyl (C=O) groups is 1. The highest BCUT2D eigenvalue weighted by atomic mass is 35.5. The summed E-state index contributed by atoms with van der Waals surface area (Å²) in [6.45, 7) is -1.95. The summed E-state index contributed by atoms with van der Waals surface area (Å²) in [6.07, 6.45) is 0. The second-order valence-corrected chi connectivity index (χ2v) is 3.05. The molecule has 1 rings (SSSR count). The van der Waals surface area contributed by atoms with E-state index >= 15 is 0 Å². The number of hydrogen-bond acceptors (Lipinski definition) is 2. The van der Waals surface area contributed by atoms with Crippen molar-refractivity contribution in [1.82, 2.24) is 0 Å². The molecule has 0 heterocycles. The first-order valence-electron chi connectivity index (χ1n) is 3.87. The Labute approximate surface area is 88.6 Å². The molecule has 0 radical (unpaired) electrons. The maximum atomic E-state index is 13.2. The van der Waals surface area contributed by atoms with Crippen LogP contribution in [0.5, 0.6) is 5.75 Å². The van der Waals surface area contributed by atoms with E-state index < -0.39 is 29.0 Å². The van der Waals surface area contributed by atoms with Gasteiger partial charge in [0.2, 0.25) is 0 Å². The summed E-state index contributed by atoms with van der Waals surface area (Å²) < 4.78 is 40.7. The predicted molar refractivity (Wildman–Crippen MR) is 48.0 cm³/mol. The molecule has 0 saturated heterocycles. The van der Waals surface area contributed by atoms with E-state index in [1.807, 2.05) is 0 Å². The van der Waals surface area contributed by atoms with Gasteiger partial charge < -0.3 is 4.74 Å². The fraction of sp³-hybridized carbons (Fsp3) is 0.222. The van der Waals surface area contributed by atoms with Gasteiger partial charge in [-0.15, -0.1) is 0 Å². The lowest BCUT2D eigenvalue weighted by atomic mass is 10.1. The number of alkyl halides is 2. The summed E-state index contributed by atoms with van der Waals surface area (Å²) in [5, 5.41) is -0.513. The Bertz CT molecular complexity index is 393. The number of ketones is 1. The smallest absolute Gasteiger partial charge is 0.387 e. The molecule has 0 spiro atoms. The van der Waals surface area contributed by atoms with Crippen LogP contribution in [0.4, 0.5) is 13.2 Å². The molecule has 0 N–H and O–H groups in total. The Morgan fingerprint density at radius 1 is 1.47 bits per heavy atom. The van der Waals surface area contributed by atoms with Crippen molar-refractivity contribution in [2.24, 2.45) is 0 Å².